The standard InChI is InChI=1S/C14H25NO10/c1-4-8(18)10(20)11(21)14(23-4)25-12-7(15-5(2)17)13(22)24-6(3-16)9(12)19/h4,6-14,16,18-22H,3H2,1-2H3,(H,15,17)/t4?,6?,7?,8?,9?,10?,11?,12?,13-,14?/m1/s1. The van der Waals surface area contributed by atoms with Crippen molar-refractivity contribution in [3.8, 4) is 0 Å². The molecule has 2 fully saturated rings. The molecule has 2 aliphatic rings. The van der Waals surface area contributed by atoms with Crippen molar-refractivity contribution in [3.63, 3.8) is 0 Å². The van der Waals surface area contributed by atoms with E-state index in [0.29, 0.717) is 0 Å². The normalized spacial score (nSPS) is 48.2. The third-order valence-electron chi connectivity index (χ3n) is 4.34. The van der Waals surface area contributed by atoms with E-state index in [2.05, 4.69) is 5.32 Å². The maximum atomic E-state index is 11.3. The predicted octanol–water partition coefficient (Wildman–Crippen LogP) is -4.23. The van der Waals surface area contributed by atoms with Crippen LogP contribution in [-0.2, 0) is 19.0 Å². The smallest absolute Gasteiger partial charge is 0.217 e. The van der Waals surface area contributed by atoms with E-state index in [9.17, 15) is 35.4 Å². The molecule has 10 atom stereocenters. The second kappa shape index (κ2) is 8.20. The highest BCUT2D eigenvalue weighted by Gasteiger charge is 2.50. The van der Waals surface area contributed by atoms with Crippen LogP contribution >= 0.6 is 0 Å². The maximum absolute atomic E-state index is 11.3. The molecule has 2 aliphatic heterocycles. The minimum atomic E-state index is -1.64. The fraction of sp³-hybridized carbons (Fsp3) is 0.929. The first kappa shape index (κ1) is 20.4. The Hall–Kier alpha value is -0.890. The summed E-state index contributed by atoms with van der Waals surface area (Å²) in [6.45, 7) is 2.01. The molecule has 11 nitrogen and oxygen atoms in total. The fourth-order valence-corrected chi connectivity index (χ4v) is 2.92. The highest BCUT2D eigenvalue weighted by Crippen LogP contribution is 2.28. The molecular formula is C14H25NO10. The van der Waals surface area contributed by atoms with Gasteiger partial charge in [-0.15, -0.1) is 0 Å². The highest BCUT2D eigenvalue weighted by molar-refractivity contribution is 5.73. The van der Waals surface area contributed by atoms with Crippen molar-refractivity contribution in [3.05, 3.63) is 0 Å². The van der Waals surface area contributed by atoms with Crippen molar-refractivity contribution in [2.45, 2.75) is 75.2 Å². The van der Waals surface area contributed by atoms with Crippen molar-refractivity contribution in [2.75, 3.05) is 6.61 Å². The van der Waals surface area contributed by atoms with Gasteiger partial charge in [-0.1, -0.05) is 0 Å². The molecule has 2 rings (SSSR count). The van der Waals surface area contributed by atoms with E-state index in [0.717, 1.165) is 0 Å². The molecular weight excluding hydrogens is 342 g/mol. The summed E-state index contributed by atoms with van der Waals surface area (Å²) in [7, 11) is 0. The van der Waals surface area contributed by atoms with E-state index in [4.69, 9.17) is 14.2 Å². The summed E-state index contributed by atoms with van der Waals surface area (Å²) in [6.07, 6.45) is -12.4. The Kier molecular flexibility index (Phi) is 6.70. The number of hydrogen-bond donors (Lipinski definition) is 7. The van der Waals surface area contributed by atoms with Crippen molar-refractivity contribution >= 4 is 5.91 Å². The van der Waals surface area contributed by atoms with Crippen LogP contribution in [0, 0.1) is 0 Å². The van der Waals surface area contributed by atoms with Crippen LogP contribution in [0.5, 0.6) is 0 Å². The maximum Gasteiger partial charge on any atom is 0.217 e. The SMILES string of the molecule is CC(=O)NC1C(OC2OC(C)C(O)C(O)C2O)C(O)C(CO)O[C@H]1O. The Morgan fingerprint density at radius 2 is 1.68 bits per heavy atom. The van der Waals surface area contributed by atoms with Gasteiger partial charge >= 0.3 is 0 Å². The van der Waals surface area contributed by atoms with E-state index in [1.54, 1.807) is 0 Å². The van der Waals surface area contributed by atoms with Crippen LogP contribution in [0.2, 0.25) is 0 Å². The minimum absolute atomic E-state index is 0.537. The lowest BCUT2D eigenvalue weighted by Crippen LogP contribution is -2.67. The van der Waals surface area contributed by atoms with Gasteiger partial charge in [0.25, 0.3) is 0 Å². The number of nitrogens with one attached hydrogen (secondary N) is 1. The van der Waals surface area contributed by atoms with E-state index in [1.807, 2.05) is 0 Å². The number of hydrogen-bond acceptors (Lipinski definition) is 10. The number of aliphatic hydroxyl groups is 6. The lowest BCUT2D eigenvalue weighted by Gasteiger charge is -2.46. The van der Waals surface area contributed by atoms with Crippen LogP contribution < -0.4 is 5.32 Å². The van der Waals surface area contributed by atoms with Crippen molar-refractivity contribution in [1.29, 1.82) is 0 Å². The second-order valence-electron chi connectivity index (χ2n) is 6.25. The summed E-state index contributed by atoms with van der Waals surface area (Å²) in [5.41, 5.74) is 0. The first-order valence-electron chi connectivity index (χ1n) is 7.92. The van der Waals surface area contributed by atoms with Crippen molar-refractivity contribution < 1.29 is 49.6 Å². The Bertz CT molecular complexity index is 465. The summed E-state index contributed by atoms with van der Waals surface area (Å²) >= 11 is 0. The highest BCUT2D eigenvalue weighted by atomic mass is 16.7. The van der Waals surface area contributed by atoms with Crippen LogP contribution in [0.15, 0.2) is 0 Å². The summed E-state index contributed by atoms with van der Waals surface area (Å²) in [6, 6.07) is -1.22. The zero-order valence-corrected chi connectivity index (χ0v) is 13.8. The average Bonchev–Trinajstić information content (AvgIpc) is 2.56. The second-order valence-corrected chi connectivity index (χ2v) is 6.25. The Labute approximate surface area is 143 Å². The molecule has 0 aromatic rings. The van der Waals surface area contributed by atoms with E-state index in [1.165, 1.54) is 13.8 Å². The van der Waals surface area contributed by atoms with Gasteiger partial charge in [-0.3, -0.25) is 4.79 Å². The van der Waals surface area contributed by atoms with Gasteiger partial charge < -0.3 is 50.2 Å². The molecule has 0 aromatic heterocycles. The van der Waals surface area contributed by atoms with Gasteiger partial charge in [0.1, 0.15) is 42.7 Å². The van der Waals surface area contributed by atoms with Crippen molar-refractivity contribution in [2.24, 2.45) is 0 Å². The molecule has 9 unspecified atom stereocenters. The first-order valence-corrected chi connectivity index (χ1v) is 7.92. The molecule has 2 heterocycles. The topological polar surface area (TPSA) is 178 Å². The molecule has 25 heavy (non-hydrogen) atoms. The zero-order chi connectivity index (χ0) is 18.9. The third-order valence-corrected chi connectivity index (χ3v) is 4.34. The van der Waals surface area contributed by atoms with Crippen LogP contribution in [0.4, 0.5) is 0 Å². The number of rotatable bonds is 4. The number of aliphatic hydroxyl groups excluding tert-OH is 6. The average molecular weight is 367 g/mol. The Morgan fingerprint density at radius 1 is 1.04 bits per heavy atom. The molecule has 0 radical (unpaired) electrons. The van der Waals surface area contributed by atoms with E-state index >= 15 is 0 Å². The molecule has 0 aromatic carbocycles. The molecule has 0 aliphatic carbocycles. The van der Waals surface area contributed by atoms with Gasteiger partial charge in [-0.2, -0.15) is 0 Å². The quantitative estimate of drug-likeness (QED) is 0.257. The van der Waals surface area contributed by atoms with Gasteiger partial charge in [-0.25, -0.2) is 0 Å². The lowest BCUT2D eigenvalue weighted by atomic mass is 9.95. The predicted molar refractivity (Wildman–Crippen MR) is 78.8 cm³/mol. The third kappa shape index (κ3) is 4.27. The summed E-state index contributed by atoms with van der Waals surface area (Å²) in [5.74, 6) is -0.537. The van der Waals surface area contributed by atoms with E-state index in [-0.39, 0.29) is 0 Å². The minimum Gasteiger partial charge on any atom is -0.394 e. The molecule has 0 saturated carbocycles. The van der Waals surface area contributed by atoms with Gasteiger partial charge in [0.05, 0.1) is 12.7 Å². The molecule has 0 spiro atoms. The summed E-state index contributed by atoms with van der Waals surface area (Å²) in [4.78, 5) is 11.3. The summed E-state index contributed by atoms with van der Waals surface area (Å²) in [5, 5.41) is 61.5. The van der Waals surface area contributed by atoms with Crippen LogP contribution in [0.25, 0.3) is 0 Å². The molecule has 7 N–H and O–H groups in total. The Morgan fingerprint density at radius 3 is 2.24 bits per heavy atom. The molecule has 146 valence electrons. The Balaban J connectivity index is 2.20. The van der Waals surface area contributed by atoms with Crippen LogP contribution in [0.3, 0.4) is 0 Å². The monoisotopic (exact) mass is 367 g/mol. The first-order chi connectivity index (χ1) is 11.7. The fourth-order valence-electron chi connectivity index (χ4n) is 2.92. The molecule has 2 saturated heterocycles. The number of amides is 1. The lowest BCUT2D eigenvalue weighted by molar-refractivity contribution is -0.337. The van der Waals surface area contributed by atoms with Gasteiger partial charge in [0.2, 0.25) is 5.91 Å². The number of carbonyl (C=O) groups is 1. The van der Waals surface area contributed by atoms with Gasteiger partial charge in [0.15, 0.2) is 12.6 Å². The van der Waals surface area contributed by atoms with Crippen LogP contribution in [0.1, 0.15) is 13.8 Å². The van der Waals surface area contributed by atoms with Gasteiger partial charge in [-0.05, 0) is 6.92 Å². The van der Waals surface area contributed by atoms with Crippen LogP contribution in [-0.4, -0.2) is 105 Å². The van der Waals surface area contributed by atoms with E-state index < -0.39 is 73.9 Å². The molecule has 11 heteroatoms. The van der Waals surface area contributed by atoms with Crippen molar-refractivity contribution in [1.82, 2.24) is 5.32 Å². The molecule has 1 amide bonds. The number of ether oxygens (including phenoxy) is 3. The van der Waals surface area contributed by atoms with Gasteiger partial charge in [0, 0.05) is 6.92 Å². The zero-order valence-electron chi connectivity index (χ0n) is 13.8. The summed E-state index contributed by atoms with van der Waals surface area (Å²) < 4.78 is 15.8. The number of carbonyl (C=O) groups excluding carboxylic acids is 1. The molecule has 0 bridgehead atoms. The largest absolute Gasteiger partial charge is 0.394 e.